The lowest BCUT2D eigenvalue weighted by atomic mass is 9.99. The number of halogens is 1. The zero-order valence-corrected chi connectivity index (χ0v) is 17.2. The van der Waals surface area contributed by atoms with Gasteiger partial charge in [-0.05, 0) is 46.7 Å². The average Bonchev–Trinajstić information content (AvgIpc) is 3.16. The molecule has 0 N–H and O–H groups in total. The Hall–Kier alpha value is -2.43. The minimum Gasteiger partial charge on any atom is -0.351 e. The summed E-state index contributed by atoms with van der Waals surface area (Å²) in [5.41, 5.74) is 6.52. The summed E-state index contributed by atoms with van der Waals surface area (Å²) < 4.78 is 0. The van der Waals surface area contributed by atoms with E-state index < -0.39 is 0 Å². The molecule has 3 nitrogen and oxygen atoms in total. The summed E-state index contributed by atoms with van der Waals surface area (Å²) in [4.78, 5) is 12.5. The molecule has 0 spiro atoms. The summed E-state index contributed by atoms with van der Waals surface area (Å²) in [5.74, 6) is 0.945. The first kappa shape index (κ1) is 17.7. The zero-order chi connectivity index (χ0) is 19.1. The molecule has 0 unspecified atom stereocenters. The van der Waals surface area contributed by atoms with E-state index in [0.29, 0.717) is 5.28 Å². The minimum atomic E-state index is 0.316. The Morgan fingerprint density at radius 1 is 1.04 bits per heavy atom. The minimum absolute atomic E-state index is 0.316. The number of fused-ring (bicyclic) bond motifs is 2. The van der Waals surface area contributed by atoms with Crippen LogP contribution >= 0.6 is 22.9 Å². The van der Waals surface area contributed by atoms with Gasteiger partial charge >= 0.3 is 0 Å². The van der Waals surface area contributed by atoms with E-state index in [4.69, 9.17) is 11.6 Å². The van der Waals surface area contributed by atoms with Crippen molar-refractivity contribution < 1.29 is 0 Å². The van der Waals surface area contributed by atoms with Gasteiger partial charge in [0.1, 0.15) is 10.6 Å². The standard InChI is InChI=1S/C23H20ClN3S/c1-2-15-7-9-17(10-8-15)19-14-28-22-20(19)21(25-23(24)26-22)27-12-11-16-5-3-4-6-18(16)13-27/h3-10,14H,2,11-13H2,1H3. The fourth-order valence-corrected chi connectivity index (χ4v) is 5.09. The van der Waals surface area contributed by atoms with Gasteiger partial charge < -0.3 is 4.90 Å². The molecule has 1 aliphatic rings. The molecule has 5 heteroatoms. The third kappa shape index (κ3) is 3.07. The molecule has 4 aromatic rings. The summed E-state index contributed by atoms with van der Waals surface area (Å²) >= 11 is 7.93. The van der Waals surface area contributed by atoms with E-state index in [1.807, 2.05) is 0 Å². The van der Waals surface area contributed by atoms with Crippen LogP contribution in [0.4, 0.5) is 5.82 Å². The average molecular weight is 406 g/mol. The normalized spacial score (nSPS) is 13.7. The molecule has 1 aliphatic heterocycles. The number of anilines is 1. The molecule has 140 valence electrons. The van der Waals surface area contributed by atoms with E-state index in [1.165, 1.54) is 27.8 Å². The van der Waals surface area contributed by atoms with Crippen LogP contribution in [0.5, 0.6) is 0 Å². The molecule has 0 saturated carbocycles. The topological polar surface area (TPSA) is 29.0 Å². The van der Waals surface area contributed by atoms with E-state index in [2.05, 4.69) is 75.7 Å². The van der Waals surface area contributed by atoms with Crippen molar-refractivity contribution in [2.45, 2.75) is 26.3 Å². The van der Waals surface area contributed by atoms with Crippen molar-refractivity contribution in [3.05, 3.63) is 75.9 Å². The van der Waals surface area contributed by atoms with Gasteiger partial charge in [-0.2, -0.15) is 4.98 Å². The van der Waals surface area contributed by atoms with Crippen molar-refractivity contribution in [2.24, 2.45) is 0 Å². The predicted molar refractivity (Wildman–Crippen MR) is 118 cm³/mol. The lowest BCUT2D eigenvalue weighted by Gasteiger charge is -2.30. The number of aryl methyl sites for hydroxylation is 1. The zero-order valence-electron chi connectivity index (χ0n) is 15.7. The van der Waals surface area contributed by atoms with Crippen LogP contribution in [0.1, 0.15) is 23.6 Å². The number of aromatic nitrogens is 2. The van der Waals surface area contributed by atoms with Crippen LogP contribution in [-0.4, -0.2) is 16.5 Å². The van der Waals surface area contributed by atoms with E-state index in [1.54, 1.807) is 11.3 Å². The highest BCUT2D eigenvalue weighted by molar-refractivity contribution is 7.17. The first-order valence-electron chi connectivity index (χ1n) is 9.58. The molecule has 0 fully saturated rings. The molecule has 0 aliphatic carbocycles. The SMILES string of the molecule is CCc1ccc(-c2csc3nc(Cl)nc(N4CCc5ccccc5C4)c23)cc1. The summed E-state index contributed by atoms with van der Waals surface area (Å²) in [6.45, 7) is 3.96. The van der Waals surface area contributed by atoms with Crippen LogP contribution in [-0.2, 0) is 19.4 Å². The van der Waals surface area contributed by atoms with Crippen LogP contribution < -0.4 is 4.90 Å². The van der Waals surface area contributed by atoms with Crippen LogP contribution in [0.25, 0.3) is 21.3 Å². The Labute approximate surface area is 173 Å². The quantitative estimate of drug-likeness (QED) is 0.383. The monoisotopic (exact) mass is 405 g/mol. The highest BCUT2D eigenvalue weighted by Crippen LogP contribution is 2.40. The third-order valence-corrected chi connectivity index (χ3v) is 6.53. The summed E-state index contributed by atoms with van der Waals surface area (Å²) in [6.07, 6.45) is 2.06. The van der Waals surface area contributed by atoms with Crippen molar-refractivity contribution in [2.75, 3.05) is 11.4 Å². The van der Waals surface area contributed by atoms with Crippen LogP contribution in [0.2, 0.25) is 5.28 Å². The molecule has 0 bridgehead atoms. The van der Waals surface area contributed by atoms with Gasteiger partial charge in [0.2, 0.25) is 5.28 Å². The van der Waals surface area contributed by atoms with Crippen molar-refractivity contribution in [3.8, 4) is 11.1 Å². The molecule has 28 heavy (non-hydrogen) atoms. The number of hydrogen-bond acceptors (Lipinski definition) is 4. The summed E-state index contributed by atoms with van der Waals surface area (Å²) in [6, 6.07) is 17.5. The maximum Gasteiger partial charge on any atom is 0.225 e. The number of thiophene rings is 1. The van der Waals surface area contributed by atoms with E-state index in [0.717, 1.165) is 42.0 Å². The van der Waals surface area contributed by atoms with Gasteiger partial charge in [-0.3, -0.25) is 0 Å². The first-order valence-corrected chi connectivity index (χ1v) is 10.8. The molecule has 0 amide bonds. The number of hydrogen-bond donors (Lipinski definition) is 0. The van der Waals surface area contributed by atoms with Crippen LogP contribution in [0, 0.1) is 0 Å². The number of benzene rings is 2. The van der Waals surface area contributed by atoms with Crippen LogP contribution in [0.15, 0.2) is 53.9 Å². The smallest absolute Gasteiger partial charge is 0.225 e. The molecule has 0 saturated heterocycles. The Kier molecular flexibility index (Phi) is 4.53. The lowest BCUT2D eigenvalue weighted by molar-refractivity contribution is 0.723. The third-order valence-electron chi connectivity index (χ3n) is 5.49. The Balaban J connectivity index is 1.63. The molecule has 3 heterocycles. The summed E-state index contributed by atoms with van der Waals surface area (Å²) in [7, 11) is 0. The van der Waals surface area contributed by atoms with E-state index in [-0.39, 0.29) is 0 Å². The highest BCUT2D eigenvalue weighted by atomic mass is 35.5. The van der Waals surface area contributed by atoms with Gasteiger partial charge in [0, 0.05) is 24.0 Å². The predicted octanol–water partition coefficient (Wildman–Crippen LogP) is 6.14. The van der Waals surface area contributed by atoms with Gasteiger partial charge in [0.25, 0.3) is 0 Å². The van der Waals surface area contributed by atoms with Crippen molar-refractivity contribution in [1.82, 2.24) is 9.97 Å². The Morgan fingerprint density at radius 2 is 1.82 bits per heavy atom. The highest BCUT2D eigenvalue weighted by Gasteiger charge is 2.23. The van der Waals surface area contributed by atoms with Gasteiger partial charge in [-0.25, -0.2) is 4.98 Å². The molecule has 2 aromatic heterocycles. The second-order valence-electron chi connectivity index (χ2n) is 7.14. The molecule has 2 aromatic carbocycles. The molecule has 0 atom stereocenters. The molecular formula is C23H20ClN3S. The fourth-order valence-electron chi connectivity index (χ4n) is 3.94. The number of nitrogens with zero attached hydrogens (tertiary/aromatic N) is 3. The Morgan fingerprint density at radius 3 is 2.61 bits per heavy atom. The van der Waals surface area contributed by atoms with Gasteiger partial charge in [0.05, 0.1) is 5.39 Å². The van der Waals surface area contributed by atoms with Crippen molar-refractivity contribution >= 4 is 39.0 Å². The van der Waals surface area contributed by atoms with Gasteiger partial charge in [-0.1, -0.05) is 55.5 Å². The second kappa shape index (κ2) is 7.19. The molecule has 0 radical (unpaired) electrons. The van der Waals surface area contributed by atoms with Crippen LogP contribution in [0.3, 0.4) is 0 Å². The van der Waals surface area contributed by atoms with E-state index in [9.17, 15) is 0 Å². The van der Waals surface area contributed by atoms with Gasteiger partial charge in [0.15, 0.2) is 0 Å². The second-order valence-corrected chi connectivity index (χ2v) is 8.33. The maximum absolute atomic E-state index is 6.30. The maximum atomic E-state index is 6.30. The lowest BCUT2D eigenvalue weighted by Crippen LogP contribution is -2.31. The van der Waals surface area contributed by atoms with Crippen molar-refractivity contribution in [3.63, 3.8) is 0 Å². The number of rotatable bonds is 3. The largest absolute Gasteiger partial charge is 0.351 e. The fraction of sp³-hybridized carbons (Fsp3) is 0.217. The molecular weight excluding hydrogens is 386 g/mol. The summed E-state index contributed by atoms with van der Waals surface area (Å²) in [5, 5.41) is 3.60. The van der Waals surface area contributed by atoms with Gasteiger partial charge in [-0.15, -0.1) is 11.3 Å². The Bertz CT molecular complexity index is 1150. The van der Waals surface area contributed by atoms with Crippen molar-refractivity contribution in [1.29, 1.82) is 0 Å². The van der Waals surface area contributed by atoms with E-state index >= 15 is 0 Å². The molecule has 5 rings (SSSR count). The first-order chi connectivity index (χ1) is 13.7.